The molecule has 0 aromatic carbocycles. The van der Waals surface area contributed by atoms with Gasteiger partial charge < -0.3 is 10.0 Å². The van der Waals surface area contributed by atoms with E-state index in [4.69, 9.17) is 0 Å². The standard InChI is InChI=1S/C12H24N2O/c1-3-10-4-5-12(15)14(10)11-6-8-13(2)9-7-11/h10-12,15H,3-9H2,1-2H3. The van der Waals surface area contributed by atoms with Crippen LogP contribution >= 0.6 is 0 Å². The SMILES string of the molecule is CCC1CCC(O)N1C1CCN(C)CC1. The lowest BCUT2D eigenvalue weighted by Gasteiger charge is -2.39. The molecule has 3 nitrogen and oxygen atoms in total. The summed E-state index contributed by atoms with van der Waals surface area (Å²) in [4.78, 5) is 4.78. The molecule has 2 heterocycles. The number of hydrogen-bond donors (Lipinski definition) is 1. The Kier molecular flexibility index (Phi) is 3.65. The normalized spacial score (nSPS) is 36.2. The van der Waals surface area contributed by atoms with E-state index in [1.54, 1.807) is 0 Å². The van der Waals surface area contributed by atoms with Crippen LogP contribution in [0.25, 0.3) is 0 Å². The monoisotopic (exact) mass is 212 g/mol. The summed E-state index contributed by atoms with van der Waals surface area (Å²) in [6.07, 6.45) is 5.63. The average molecular weight is 212 g/mol. The molecule has 2 aliphatic heterocycles. The maximum Gasteiger partial charge on any atom is 0.107 e. The van der Waals surface area contributed by atoms with Crippen LogP contribution in [0.3, 0.4) is 0 Å². The number of rotatable bonds is 2. The van der Waals surface area contributed by atoms with Gasteiger partial charge in [0, 0.05) is 12.1 Å². The molecule has 3 heteroatoms. The van der Waals surface area contributed by atoms with E-state index in [0.29, 0.717) is 12.1 Å². The van der Waals surface area contributed by atoms with Crippen LogP contribution in [0.4, 0.5) is 0 Å². The first-order chi connectivity index (χ1) is 7.22. The summed E-state index contributed by atoms with van der Waals surface area (Å²) in [6.45, 7) is 4.61. The summed E-state index contributed by atoms with van der Waals surface area (Å²) >= 11 is 0. The molecule has 0 bridgehead atoms. The summed E-state index contributed by atoms with van der Waals surface area (Å²) in [6, 6.07) is 1.26. The van der Waals surface area contributed by atoms with Crippen molar-refractivity contribution >= 4 is 0 Å². The molecule has 0 radical (unpaired) electrons. The van der Waals surface area contributed by atoms with Crippen molar-refractivity contribution in [2.75, 3.05) is 20.1 Å². The zero-order valence-corrected chi connectivity index (χ0v) is 10.0. The summed E-state index contributed by atoms with van der Waals surface area (Å²) in [5.41, 5.74) is 0. The molecule has 2 unspecified atom stereocenters. The third-order valence-corrected chi connectivity index (χ3v) is 4.10. The smallest absolute Gasteiger partial charge is 0.107 e. The van der Waals surface area contributed by atoms with Crippen molar-refractivity contribution < 1.29 is 5.11 Å². The first kappa shape index (κ1) is 11.4. The van der Waals surface area contributed by atoms with Crippen molar-refractivity contribution in [1.29, 1.82) is 0 Å². The van der Waals surface area contributed by atoms with Crippen molar-refractivity contribution in [2.45, 2.75) is 57.3 Å². The largest absolute Gasteiger partial charge is 0.378 e. The van der Waals surface area contributed by atoms with Crippen LogP contribution in [-0.4, -0.2) is 53.4 Å². The molecule has 2 aliphatic rings. The molecule has 2 fully saturated rings. The molecule has 1 N–H and O–H groups in total. The van der Waals surface area contributed by atoms with Crippen LogP contribution in [0.2, 0.25) is 0 Å². The second-order valence-corrected chi connectivity index (χ2v) is 5.10. The average Bonchev–Trinajstić information content (AvgIpc) is 2.61. The quantitative estimate of drug-likeness (QED) is 0.747. The first-order valence-corrected chi connectivity index (χ1v) is 6.36. The highest BCUT2D eigenvalue weighted by Gasteiger charge is 2.36. The van der Waals surface area contributed by atoms with Gasteiger partial charge in [-0.05, 0) is 52.2 Å². The van der Waals surface area contributed by atoms with Gasteiger partial charge in [0.15, 0.2) is 0 Å². The van der Waals surface area contributed by atoms with Crippen molar-refractivity contribution in [3.05, 3.63) is 0 Å². The Morgan fingerprint density at radius 3 is 2.40 bits per heavy atom. The second kappa shape index (κ2) is 4.81. The van der Waals surface area contributed by atoms with E-state index in [1.807, 2.05) is 0 Å². The zero-order chi connectivity index (χ0) is 10.8. The predicted octanol–water partition coefficient (Wildman–Crippen LogP) is 1.27. The molecule has 15 heavy (non-hydrogen) atoms. The summed E-state index contributed by atoms with van der Waals surface area (Å²) < 4.78 is 0. The van der Waals surface area contributed by atoms with Crippen molar-refractivity contribution in [1.82, 2.24) is 9.80 Å². The second-order valence-electron chi connectivity index (χ2n) is 5.10. The minimum Gasteiger partial charge on any atom is -0.378 e. The van der Waals surface area contributed by atoms with Gasteiger partial charge in [0.2, 0.25) is 0 Å². The van der Waals surface area contributed by atoms with Crippen LogP contribution in [0.5, 0.6) is 0 Å². The maximum absolute atomic E-state index is 10.0. The molecule has 0 aromatic rings. The predicted molar refractivity (Wildman–Crippen MR) is 61.7 cm³/mol. The van der Waals surface area contributed by atoms with Crippen molar-refractivity contribution in [2.24, 2.45) is 0 Å². The van der Waals surface area contributed by atoms with Gasteiger partial charge in [0.1, 0.15) is 6.23 Å². The highest BCUT2D eigenvalue weighted by atomic mass is 16.3. The fourth-order valence-electron chi connectivity index (χ4n) is 3.13. The Morgan fingerprint density at radius 1 is 1.13 bits per heavy atom. The molecule has 0 aromatic heterocycles. The van der Waals surface area contributed by atoms with Gasteiger partial charge in [0.25, 0.3) is 0 Å². The van der Waals surface area contributed by atoms with Gasteiger partial charge in [-0.3, -0.25) is 4.90 Å². The number of nitrogens with zero attached hydrogens (tertiary/aromatic N) is 2. The first-order valence-electron chi connectivity index (χ1n) is 6.36. The van der Waals surface area contributed by atoms with E-state index in [1.165, 1.54) is 38.8 Å². The molecule has 2 atom stereocenters. The Hall–Kier alpha value is -0.120. The molecular formula is C12H24N2O. The van der Waals surface area contributed by atoms with E-state index in [-0.39, 0.29) is 6.23 Å². The Balaban J connectivity index is 1.96. The summed E-state index contributed by atoms with van der Waals surface area (Å²) in [5, 5.41) is 10.0. The van der Waals surface area contributed by atoms with E-state index >= 15 is 0 Å². The minimum atomic E-state index is -0.164. The summed E-state index contributed by atoms with van der Waals surface area (Å²) in [7, 11) is 2.19. The third-order valence-electron chi connectivity index (χ3n) is 4.10. The maximum atomic E-state index is 10.0. The van der Waals surface area contributed by atoms with Gasteiger partial charge in [-0.1, -0.05) is 6.92 Å². The Bertz CT molecular complexity index is 202. The van der Waals surface area contributed by atoms with E-state index in [2.05, 4.69) is 23.8 Å². The molecule has 2 saturated heterocycles. The topological polar surface area (TPSA) is 26.7 Å². The van der Waals surface area contributed by atoms with Crippen molar-refractivity contribution in [3.8, 4) is 0 Å². The lowest BCUT2D eigenvalue weighted by Crippen LogP contribution is -2.48. The molecule has 0 saturated carbocycles. The number of likely N-dealkylation sites (tertiary alicyclic amines) is 2. The third kappa shape index (κ3) is 2.35. The van der Waals surface area contributed by atoms with E-state index in [0.717, 1.165) is 6.42 Å². The van der Waals surface area contributed by atoms with Gasteiger partial charge in [0.05, 0.1) is 0 Å². The van der Waals surface area contributed by atoms with Gasteiger partial charge >= 0.3 is 0 Å². The van der Waals surface area contributed by atoms with Crippen molar-refractivity contribution in [3.63, 3.8) is 0 Å². The molecule has 0 amide bonds. The molecule has 0 aliphatic carbocycles. The number of piperidine rings is 1. The van der Waals surface area contributed by atoms with Crippen LogP contribution < -0.4 is 0 Å². The minimum absolute atomic E-state index is 0.164. The summed E-state index contributed by atoms with van der Waals surface area (Å²) in [5.74, 6) is 0. The van der Waals surface area contributed by atoms with Crippen LogP contribution in [-0.2, 0) is 0 Å². The van der Waals surface area contributed by atoms with Crippen LogP contribution in [0.1, 0.15) is 39.0 Å². The molecular weight excluding hydrogens is 188 g/mol. The highest BCUT2D eigenvalue weighted by Crippen LogP contribution is 2.30. The number of hydrogen-bond acceptors (Lipinski definition) is 3. The Labute approximate surface area is 93.1 Å². The lowest BCUT2D eigenvalue weighted by molar-refractivity contribution is -0.0306. The van der Waals surface area contributed by atoms with Crippen LogP contribution in [0.15, 0.2) is 0 Å². The Morgan fingerprint density at radius 2 is 1.80 bits per heavy atom. The highest BCUT2D eigenvalue weighted by molar-refractivity contribution is 4.89. The van der Waals surface area contributed by atoms with Gasteiger partial charge in [-0.2, -0.15) is 0 Å². The van der Waals surface area contributed by atoms with E-state index in [9.17, 15) is 5.11 Å². The zero-order valence-electron chi connectivity index (χ0n) is 10.0. The van der Waals surface area contributed by atoms with Gasteiger partial charge in [-0.25, -0.2) is 0 Å². The lowest BCUT2D eigenvalue weighted by atomic mass is 10.0. The molecule has 0 spiro atoms. The molecule has 88 valence electrons. The van der Waals surface area contributed by atoms with Crippen LogP contribution in [0, 0.1) is 0 Å². The number of aliphatic hydroxyl groups excluding tert-OH is 1. The molecule has 2 rings (SSSR count). The number of aliphatic hydroxyl groups is 1. The van der Waals surface area contributed by atoms with E-state index < -0.39 is 0 Å². The van der Waals surface area contributed by atoms with Gasteiger partial charge in [-0.15, -0.1) is 0 Å². The fraction of sp³-hybridized carbons (Fsp3) is 1.00. The fourth-order valence-corrected chi connectivity index (χ4v) is 3.13.